The molecule has 2 aliphatic rings. The Labute approximate surface area is 182 Å². The van der Waals surface area contributed by atoms with Crippen LogP contribution in [0.15, 0.2) is 24.3 Å². The van der Waals surface area contributed by atoms with Crippen molar-refractivity contribution in [1.29, 1.82) is 0 Å². The second-order valence-electron chi connectivity index (χ2n) is 8.29. The lowest BCUT2D eigenvalue weighted by Gasteiger charge is -2.31. The monoisotopic (exact) mass is 429 g/mol. The third-order valence-electron chi connectivity index (χ3n) is 6.24. The molecule has 4 rings (SSSR count). The Bertz CT molecular complexity index is 863. The van der Waals surface area contributed by atoms with E-state index in [0.29, 0.717) is 45.9 Å². The number of ether oxygens (including phenoxy) is 3. The van der Waals surface area contributed by atoms with E-state index < -0.39 is 5.41 Å². The summed E-state index contributed by atoms with van der Waals surface area (Å²) in [6, 6.07) is 7.81. The zero-order chi connectivity index (χ0) is 21.7. The van der Waals surface area contributed by atoms with Gasteiger partial charge in [0.1, 0.15) is 5.75 Å². The van der Waals surface area contributed by atoms with Crippen molar-refractivity contribution in [3.63, 3.8) is 0 Å². The highest BCUT2D eigenvalue weighted by molar-refractivity contribution is 5.85. The van der Waals surface area contributed by atoms with Crippen LogP contribution in [0.2, 0.25) is 0 Å². The van der Waals surface area contributed by atoms with E-state index in [4.69, 9.17) is 14.2 Å². The van der Waals surface area contributed by atoms with Crippen LogP contribution in [0, 0.1) is 5.41 Å². The first kappa shape index (κ1) is 21.7. The highest BCUT2D eigenvalue weighted by Crippen LogP contribution is 2.49. The number of rotatable bonds is 9. The summed E-state index contributed by atoms with van der Waals surface area (Å²) in [5, 5.41) is 12.3. The largest absolute Gasteiger partial charge is 0.494 e. The maximum Gasteiger partial charge on any atom is 0.229 e. The molecular weight excluding hydrogens is 398 g/mol. The maximum absolute atomic E-state index is 13.7. The molecule has 0 N–H and O–H groups in total. The van der Waals surface area contributed by atoms with Crippen molar-refractivity contribution in [1.82, 2.24) is 25.1 Å². The van der Waals surface area contributed by atoms with Crippen molar-refractivity contribution in [3.05, 3.63) is 35.7 Å². The number of aromatic nitrogens is 4. The van der Waals surface area contributed by atoms with Gasteiger partial charge in [-0.05, 0) is 53.8 Å². The Balaban J connectivity index is 1.59. The lowest BCUT2D eigenvalue weighted by molar-refractivity contribution is -0.141. The molecule has 2 saturated heterocycles. The SMILES string of the molecule is CCCOc1ccc(CN2C(=O)C3(CCOCC3)CC2c2nnnn2CCOC)cc1. The van der Waals surface area contributed by atoms with E-state index in [1.807, 2.05) is 29.2 Å². The fourth-order valence-electron chi connectivity index (χ4n) is 4.50. The molecule has 1 amide bonds. The Morgan fingerprint density at radius 2 is 1.97 bits per heavy atom. The molecule has 2 aliphatic heterocycles. The van der Waals surface area contributed by atoms with Crippen LogP contribution in [-0.4, -0.2) is 64.6 Å². The van der Waals surface area contributed by atoms with Crippen LogP contribution in [0.1, 0.15) is 50.0 Å². The molecule has 1 unspecified atom stereocenters. The van der Waals surface area contributed by atoms with Crippen LogP contribution in [0.25, 0.3) is 0 Å². The van der Waals surface area contributed by atoms with E-state index in [-0.39, 0.29) is 11.9 Å². The zero-order valence-corrected chi connectivity index (χ0v) is 18.3. The number of tetrazole rings is 1. The summed E-state index contributed by atoms with van der Waals surface area (Å²) in [6.45, 7) is 5.58. The average Bonchev–Trinajstić information content (AvgIpc) is 3.36. The average molecular weight is 430 g/mol. The minimum absolute atomic E-state index is 0.173. The molecule has 2 fully saturated rings. The number of hydrogen-bond acceptors (Lipinski definition) is 7. The lowest BCUT2D eigenvalue weighted by Crippen LogP contribution is -2.38. The summed E-state index contributed by atoms with van der Waals surface area (Å²) in [5.74, 6) is 1.74. The van der Waals surface area contributed by atoms with Gasteiger partial charge in [-0.25, -0.2) is 4.68 Å². The highest BCUT2D eigenvalue weighted by atomic mass is 16.5. The molecule has 9 heteroatoms. The molecule has 1 spiro atoms. The number of carbonyl (C=O) groups excluding carboxylic acids is 1. The van der Waals surface area contributed by atoms with Crippen molar-refractivity contribution in [2.24, 2.45) is 5.41 Å². The molecule has 0 aliphatic carbocycles. The van der Waals surface area contributed by atoms with Crippen molar-refractivity contribution in [2.75, 3.05) is 33.5 Å². The van der Waals surface area contributed by atoms with E-state index in [2.05, 4.69) is 22.4 Å². The summed E-state index contributed by atoms with van der Waals surface area (Å²) in [7, 11) is 1.65. The fourth-order valence-corrected chi connectivity index (χ4v) is 4.50. The summed E-state index contributed by atoms with van der Waals surface area (Å²) in [4.78, 5) is 15.6. The second kappa shape index (κ2) is 9.74. The summed E-state index contributed by atoms with van der Waals surface area (Å²) in [5.41, 5.74) is 0.660. The predicted octanol–water partition coefficient (Wildman–Crippen LogP) is 2.38. The van der Waals surface area contributed by atoms with Crippen LogP contribution >= 0.6 is 0 Å². The number of likely N-dealkylation sites (tertiary alicyclic amines) is 1. The van der Waals surface area contributed by atoms with E-state index in [1.165, 1.54) is 0 Å². The Morgan fingerprint density at radius 1 is 1.19 bits per heavy atom. The van der Waals surface area contributed by atoms with Gasteiger partial charge in [-0.2, -0.15) is 0 Å². The van der Waals surface area contributed by atoms with Crippen LogP contribution in [0.5, 0.6) is 5.75 Å². The smallest absolute Gasteiger partial charge is 0.229 e. The first-order valence-corrected chi connectivity index (χ1v) is 11.0. The quantitative estimate of drug-likeness (QED) is 0.604. The fraction of sp³-hybridized carbons (Fsp3) is 0.636. The molecule has 1 aromatic carbocycles. The van der Waals surface area contributed by atoms with Gasteiger partial charge in [-0.15, -0.1) is 5.10 Å². The molecule has 31 heavy (non-hydrogen) atoms. The molecular formula is C22H31N5O4. The number of hydrogen-bond donors (Lipinski definition) is 0. The molecule has 0 saturated carbocycles. The predicted molar refractivity (Wildman–Crippen MR) is 112 cm³/mol. The Hall–Kier alpha value is -2.52. The van der Waals surface area contributed by atoms with Crippen molar-refractivity contribution in [3.8, 4) is 5.75 Å². The van der Waals surface area contributed by atoms with Crippen LogP contribution in [0.3, 0.4) is 0 Å². The van der Waals surface area contributed by atoms with E-state index in [9.17, 15) is 4.79 Å². The van der Waals surface area contributed by atoms with Gasteiger partial charge in [0.2, 0.25) is 5.91 Å². The van der Waals surface area contributed by atoms with Crippen molar-refractivity contribution < 1.29 is 19.0 Å². The van der Waals surface area contributed by atoms with Crippen LogP contribution in [0.4, 0.5) is 0 Å². The van der Waals surface area contributed by atoms with Crippen molar-refractivity contribution in [2.45, 2.75) is 51.7 Å². The summed E-state index contributed by atoms with van der Waals surface area (Å²) in [6.07, 6.45) is 3.15. The molecule has 3 heterocycles. The highest BCUT2D eigenvalue weighted by Gasteiger charge is 2.53. The van der Waals surface area contributed by atoms with Gasteiger partial charge in [0.15, 0.2) is 5.82 Å². The molecule has 0 bridgehead atoms. The Kier molecular flexibility index (Phi) is 6.82. The number of carbonyl (C=O) groups is 1. The van der Waals surface area contributed by atoms with Crippen LogP contribution in [-0.2, 0) is 27.4 Å². The maximum atomic E-state index is 13.7. The third-order valence-corrected chi connectivity index (χ3v) is 6.24. The lowest BCUT2D eigenvalue weighted by atomic mass is 9.77. The number of benzene rings is 1. The second-order valence-corrected chi connectivity index (χ2v) is 8.29. The van der Waals surface area contributed by atoms with Gasteiger partial charge in [0.25, 0.3) is 0 Å². The third kappa shape index (κ3) is 4.57. The molecule has 1 atom stereocenters. The first-order valence-electron chi connectivity index (χ1n) is 11.0. The number of methoxy groups -OCH3 is 1. The molecule has 9 nitrogen and oxygen atoms in total. The Morgan fingerprint density at radius 3 is 2.68 bits per heavy atom. The van der Waals surface area contributed by atoms with Gasteiger partial charge in [0, 0.05) is 26.9 Å². The van der Waals surface area contributed by atoms with E-state index in [1.54, 1.807) is 11.8 Å². The minimum Gasteiger partial charge on any atom is -0.494 e. The van der Waals surface area contributed by atoms with E-state index in [0.717, 1.165) is 36.4 Å². The zero-order valence-electron chi connectivity index (χ0n) is 18.3. The molecule has 1 aromatic heterocycles. The summed E-state index contributed by atoms with van der Waals surface area (Å²) >= 11 is 0. The molecule has 168 valence electrons. The van der Waals surface area contributed by atoms with E-state index >= 15 is 0 Å². The number of amides is 1. The first-order chi connectivity index (χ1) is 15.2. The van der Waals surface area contributed by atoms with Gasteiger partial charge in [-0.1, -0.05) is 19.1 Å². The van der Waals surface area contributed by atoms with Gasteiger partial charge in [-0.3, -0.25) is 4.79 Å². The minimum atomic E-state index is -0.398. The topological polar surface area (TPSA) is 91.6 Å². The van der Waals surface area contributed by atoms with Crippen LogP contribution < -0.4 is 4.74 Å². The number of nitrogens with zero attached hydrogens (tertiary/aromatic N) is 5. The molecule has 0 radical (unpaired) electrons. The van der Waals surface area contributed by atoms with Gasteiger partial charge < -0.3 is 19.1 Å². The van der Waals surface area contributed by atoms with Crippen molar-refractivity contribution >= 4 is 5.91 Å². The summed E-state index contributed by atoms with van der Waals surface area (Å²) < 4.78 is 18.2. The normalized spacial score (nSPS) is 20.5. The molecule has 2 aromatic rings. The van der Waals surface area contributed by atoms with Gasteiger partial charge in [0.05, 0.1) is 31.2 Å². The van der Waals surface area contributed by atoms with Gasteiger partial charge >= 0.3 is 0 Å². The standard InChI is InChI=1S/C22H31N5O4/c1-3-11-31-18-6-4-17(5-7-18)16-26-19(20-23-24-25-27(20)10-14-29-2)15-22(21(26)28)8-12-30-13-9-22/h4-7,19H,3,8-16H2,1-2H3.